The quantitative estimate of drug-likeness (QED) is 0.590. The Morgan fingerprint density at radius 3 is 2.48 bits per heavy atom. The highest BCUT2D eigenvalue weighted by atomic mass is 35.5. The molecule has 0 spiro atoms. The molecule has 1 fully saturated rings. The standard InChI is InChI=1S/C20H22ClN3O6S/c1-29-15-6-8-16(9-7-15)31(27,28)24-10-11-30-18(24)13-23-20(26)19(25)22-12-14-4-2-3-5-17(14)21/h2-9,18H,10-13H2,1H3,(H,22,25)(H,23,26)/t18-/m1/s1. The first kappa shape index (κ1) is 23.0. The second-order valence-corrected chi connectivity index (χ2v) is 8.90. The van der Waals surface area contributed by atoms with Gasteiger partial charge in [0.25, 0.3) is 0 Å². The van der Waals surface area contributed by atoms with Crippen molar-refractivity contribution < 1.29 is 27.5 Å². The van der Waals surface area contributed by atoms with E-state index >= 15 is 0 Å². The number of hydrogen-bond donors (Lipinski definition) is 2. The molecule has 0 aliphatic carbocycles. The molecule has 166 valence electrons. The summed E-state index contributed by atoms with van der Waals surface area (Å²) < 4.78 is 37.5. The minimum Gasteiger partial charge on any atom is -0.497 e. The van der Waals surface area contributed by atoms with Crippen LogP contribution in [-0.4, -0.2) is 57.6 Å². The van der Waals surface area contributed by atoms with Crippen LogP contribution < -0.4 is 15.4 Å². The van der Waals surface area contributed by atoms with Gasteiger partial charge < -0.3 is 20.1 Å². The maximum absolute atomic E-state index is 12.9. The first-order valence-corrected chi connectivity index (χ1v) is 11.2. The van der Waals surface area contributed by atoms with Crippen LogP contribution >= 0.6 is 11.6 Å². The molecule has 2 amide bonds. The number of ether oxygens (including phenoxy) is 2. The molecule has 2 N–H and O–H groups in total. The summed E-state index contributed by atoms with van der Waals surface area (Å²) in [6.07, 6.45) is -0.924. The lowest BCUT2D eigenvalue weighted by Gasteiger charge is -2.23. The highest BCUT2D eigenvalue weighted by Gasteiger charge is 2.36. The predicted octanol–water partition coefficient (Wildman–Crippen LogP) is 1.13. The van der Waals surface area contributed by atoms with E-state index in [9.17, 15) is 18.0 Å². The fourth-order valence-corrected chi connectivity index (χ4v) is 4.70. The fourth-order valence-electron chi connectivity index (χ4n) is 2.98. The minimum atomic E-state index is -3.85. The average Bonchev–Trinajstić information content (AvgIpc) is 3.26. The van der Waals surface area contributed by atoms with Crippen LogP contribution in [0.3, 0.4) is 0 Å². The van der Waals surface area contributed by atoms with Gasteiger partial charge in [-0.2, -0.15) is 4.31 Å². The summed E-state index contributed by atoms with van der Waals surface area (Å²) in [5.74, 6) is -1.23. The molecule has 2 aromatic carbocycles. The van der Waals surface area contributed by atoms with Gasteiger partial charge in [0, 0.05) is 18.1 Å². The number of halogens is 1. The molecule has 1 saturated heterocycles. The van der Waals surface area contributed by atoms with E-state index in [1.807, 2.05) is 0 Å². The first-order valence-electron chi connectivity index (χ1n) is 9.40. The number of nitrogens with one attached hydrogen (secondary N) is 2. The number of rotatable bonds is 7. The normalized spacial score (nSPS) is 16.6. The lowest BCUT2D eigenvalue weighted by Crippen LogP contribution is -2.47. The molecule has 1 aliphatic rings. The van der Waals surface area contributed by atoms with Gasteiger partial charge in [0.15, 0.2) is 0 Å². The maximum atomic E-state index is 12.9. The second kappa shape index (κ2) is 10.1. The SMILES string of the molecule is COc1ccc(S(=O)(=O)N2CCO[C@@H]2CNC(=O)C(=O)NCc2ccccc2Cl)cc1. The molecular formula is C20H22ClN3O6S. The Balaban J connectivity index is 1.56. The number of nitrogens with zero attached hydrogens (tertiary/aromatic N) is 1. The number of carbonyl (C=O) groups is 2. The highest BCUT2D eigenvalue weighted by molar-refractivity contribution is 7.89. The van der Waals surface area contributed by atoms with E-state index < -0.39 is 28.1 Å². The molecule has 0 aromatic heterocycles. The molecule has 3 rings (SSSR count). The van der Waals surface area contributed by atoms with Gasteiger partial charge in [0.1, 0.15) is 12.0 Å². The topological polar surface area (TPSA) is 114 Å². The van der Waals surface area contributed by atoms with Gasteiger partial charge in [0.2, 0.25) is 10.0 Å². The Hall–Kier alpha value is -2.66. The summed E-state index contributed by atoms with van der Waals surface area (Å²) >= 11 is 6.02. The summed E-state index contributed by atoms with van der Waals surface area (Å²) in [5.41, 5.74) is 0.668. The van der Waals surface area contributed by atoms with Crippen LogP contribution in [0.25, 0.3) is 0 Å². The Labute approximate surface area is 185 Å². The number of carbonyl (C=O) groups excluding carboxylic acids is 2. The van der Waals surface area contributed by atoms with E-state index in [2.05, 4.69) is 10.6 Å². The van der Waals surface area contributed by atoms with Gasteiger partial charge in [-0.25, -0.2) is 8.42 Å². The first-order chi connectivity index (χ1) is 14.8. The van der Waals surface area contributed by atoms with Gasteiger partial charge in [0.05, 0.1) is 25.2 Å². The minimum absolute atomic E-state index is 0.0765. The van der Waals surface area contributed by atoms with E-state index in [1.165, 1.54) is 19.2 Å². The van der Waals surface area contributed by atoms with Crippen molar-refractivity contribution in [3.63, 3.8) is 0 Å². The highest BCUT2D eigenvalue weighted by Crippen LogP contribution is 2.24. The summed E-state index contributed by atoms with van der Waals surface area (Å²) in [7, 11) is -2.36. The van der Waals surface area contributed by atoms with Crippen LogP contribution in [0.15, 0.2) is 53.4 Å². The van der Waals surface area contributed by atoms with Crippen LogP contribution in [0.4, 0.5) is 0 Å². The Bertz CT molecular complexity index is 1050. The summed E-state index contributed by atoms with van der Waals surface area (Å²) in [6.45, 7) is 0.222. The van der Waals surface area contributed by atoms with Gasteiger partial charge in [-0.3, -0.25) is 9.59 Å². The number of sulfonamides is 1. The smallest absolute Gasteiger partial charge is 0.309 e. The molecule has 1 atom stereocenters. The monoisotopic (exact) mass is 467 g/mol. The van der Waals surface area contributed by atoms with Gasteiger partial charge >= 0.3 is 11.8 Å². The van der Waals surface area contributed by atoms with Crippen LogP contribution in [0, 0.1) is 0 Å². The van der Waals surface area contributed by atoms with Crippen molar-refractivity contribution in [3.05, 3.63) is 59.1 Å². The summed E-state index contributed by atoms with van der Waals surface area (Å²) in [6, 6.07) is 12.9. The molecule has 0 bridgehead atoms. The second-order valence-electron chi connectivity index (χ2n) is 6.60. The van der Waals surface area contributed by atoms with Crippen molar-refractivity contribution in [3.8, 4) is 5.75 Å². The zero-order valence-corrected chi connectivity index (χ0v) is 18.3. The zero-order valence-electron chi connectivity index (χ0n) is 16.7. The number of amides is 2. The molecule has 0 saturated carbocycles. The molecule has 1 aliphatic heterocycles. The molecule has 31 heavy (non-hydrogen) atoms. The molecular weight excluding hydrogens is 446 g/mol. The van der Waals surface area contributed by atoms with Crippen LogP contribution in [0.1, 0.15) is 5.56 Å². The van der Waals surface area contributed by atoms with Gasteiger partial charge in [-0.1, -0.05) is 29.8 Å². The fraction of sp³-hybridized carbons (Fsp3) is 0.300. The third kappa shape index (κ3) is 5.53. The van der Waals surface area contributed by atoms with Crippen molar-refractivity contribution in [2.45, 2.75) is 17.7 Å². The zero-order chi connectivity index (χ0) is 22.4. The van der Waals surface area contributed by atoms with Crippen molar-refractivity contribution in [2.24, 2.45) is 0 Å². The van der Waals surface area contributed by atoms with Crippen LogP contribution in [0.2, 0.25) is 5.02 Å². The Morgan fingerprint density at radius 1 is 1.13 bits per heavy atom. The Kier molecular flexibility index (Phi) is 7.50. The molecule has 9 nitrogen and oxygen atoms in total. The van der Waals surface area contributed by atoms with Crippen molar-refractivity contribution in [1.82, 2.24) is 14.9 Å². The number of benzene rings is 2. The Morgan fingerprint density at radius 2 is 1.81 bits per heavy atom. The number of methoxy groups -OCH3 is 1. The largest absolute Gasteiger partial charge is 0.497 e. The van der Waals surface area contributed by atoms with E-state index in [1.54, 1.807) is 36.4 Å². The van der Waals surface area contributed by atoms with E-state index in [-0.39, 0.29) is 31.1 Å². The molecule has 1 heterocycles. The average molecular weight is 468 g/mol. The summed E-state index contributed by atoms with van der Waals surface area (Å²) in [4.78, 5) is 24.2. The van der Waals surface area contributed by atoms with Crippen molar-refractivity contribution >= 4 is 33.4 Å². The molecule has 0 radical (unpaired) electrons. The lowest BCUT2D eigenvalue weighted by molar-refractivity contribution is -0.139. The number of hydrogen-bond acceptors (Lipinski definition) is 6. The van der Waals surface area contributed by atoms with Crippen molar-refractivity contribution in [2.75, 3.05) is 26.8 Å². The molecule has 0 unspecified atom stereocenters. The maximum Gasteiger partial charge on any atom is 0.309 e. The molecule has 11 heteroatoms. The predicted molar refractivity (Wildman–Crippen MR) is 113 cm³/mol. The third-order valence-electron chi connectivity index (χ3n) is 4.65. The van der Waals surface area contributed by atoms with Crippen LogP contribution in [-0.2, 0) is 30.9 Å². The van der Waals surface area contributed by atoms with E-state index in [0.717, 1.165) is 4.31 Å². The lowest BCUT2D eigenvalue weighted by atomic mass is 10.2. The van der Waals surface area contributed by atoms with E-state index in [0.29, 0.717) is 16.3 Å². The van der Waals surface area contributed by atoms with E-state index in [4.69, 9.17) is 21.1 Å². The van der Waals surface area contributed by atoms with Gasteiger partial charge in [-0.05, 0) is 35.9 Å². The summed E-state index contributed by atoms with van der Waals surface area (Å²) in [5, 5.41) is 5.36. The van der Waals surface area contributed by atoms with Gasteiger partial charge in [-0.15, -0.1) is 0 Å². The van der Waals surface area contributed by atoms with Crippen LogP contribution in [0.5, 0.6) is 5.75 Å². The third-order valence-corrected chi connectivity index (χ3v) is 6.92. The van der Waals surface area contributed by atoms with Crippen molar-refractivity contribution in [1.29, 1.82) is 0 Å². The molecule has 2 aromatic rings.